The van der Waals surface area contributed by atoms with E-state index < -0.39 is 41.2 Å². The molecule has 0 amide bonds. The number of ether oxygens (including phenoxy) is 1. The van der Waals surface area contributed by atoms with E-state index in [2.05, 4.69) is 9.72 Å². The molecule has 19 heavy (non-hydrogen) atoms. The Morgan fingerprint density at radius 1 is 1.47 bits per heavy atom. The second-order valence-corrected chi connectivity index (χ2v) is 3.37. The Labute approximate surface area is 104 Å². The SMILES string of the molecule is CCOC(=O)c1cc(C(F)F)nc(N)c1C(F)(F)F. The minimum atomic E-state index is -5.00. The van der Waals surface area contributed by atoms with Crippen LogP contribution in [0.25, 0.3) is 0 Å². The standard InChI is InChI=1S/C10H9F5N2O2/c1-2-19-9(18)4-3-5(7(11)12)17-8(16)6(4)10(13,14)15/h3,7H,2H2,1H3,(H2,16,17). The molecule has 0 aliphatic rings. The summed E-state index contributed by atoms with van der Waals surface area (Å²) in [6.07, 6.45) is -8.16. The number of rotatable bonds is 3. The number of carbonyl (C=O) groups excluding carboxylic acids is 1. The Morgan fingerprint density at radius 3 is 2.47 bits per heavy atom. The van der Waals surface area contributed by atoms with Crippen molar-refractivity contribution >= 4 is 11.8 Å². The molecule has 0 spiro atoms. The van der Waals surface area contributed by atoms with Crippen molar-refractivity contribution in [2.75, 3.05) is 12.3 Å². The van der Waals surface area contributed by atoms with Gasteiger partial charge in [-0.1, -0.05) is 0 Å². The van der Waals surface area contributed by atoms with Crippen LogP contribution in [0.5, 0.6) is 0 Å². The monoisotopic (exact) mass is 284 g/mol. The van der Waals surface area contributed by atoms with Crippen LogP contribution in [-0.2, 0) is 10.9 Å². The van der Waals surface area contributed by atoms with Crippen molar-refractivity contribution in [3.05, 3.63) is 22.9 Å². The summed E-state index contributed by atoms with van der Waals surface area (Å²) in [7, 11) is 0. The highest BCUT2D eigenvalue weighted by Gasteiger charge is 2.39. The van der Waals surface area contributed by atoms with Crippen molar-refractivity contribution < 1.29 is 31.5 Å². The van der Waals surface area contributed by atoms with Crippen LogP contribution in [0.15, 0.2) is 6.07 Å². The number of halogens is 5. The molecule has 0 aliphatic carbocycles. The molecule has 4 nitrogen and oxygen atoms in total. The van der Waals surface area contributed by atoms with Gasteiger partial charge >= 0.3 is 12.1 Å². The lowest BCUT2D eigenvalue weighted by Gasteiger charge is -2.15. The van der Waals surface area contributed by atoms with E-state index in [1.54, 1.807) is 0 Å². The zero-order chi connectivity index (χ0) is 14.8. The third kappa shape index (κ3) is 3.30. The molecule has 1 aromatic rings. The van der Waals surface area contributed by atoms with Gasteiger partial charge in [-0.2, -0.15) is 13.2 Å². The van der Waals surface area contributed by atoms with Crippen LogP contribution >= 0.6 is 0 Å². The first-order chi connectivity index (χ1) is 8.68. The van der Waals surface area contributed by atoms with Gasteiger partial charge in [-0.25, -0.2) is 18.6 Å². The molecule has 0 fully saturated rings. The number of carbonyl (C=O) groups is 1. The lowest BCUT2D eigenvalue weighted by molar-refractivity contribution is -0.137. The fraction of sp³-hybridized carbons (Fsp3) is 0.400. The van der Waals surface area contributed by atoms with E-state index >= 15 is 0 Å². The van der Waals surface area contributed by atoms with E-state index in [4.69, 9.17) is 5.73 Å². The molecule has 9 heteroatoms. The van der Waals surface area contributed by atoms with Gasteiger partial charge in [-0.05, 0) is 13.0 Å². The summed E-state index contributed by atoms with van der Waals surface area (Å²) in [6, 6.07) is 0.335. The van der Waals surface area contributed by atoms with E-state index in [0.717, 1.165) is 0 Å². The molecule has 1 aromatic heterocycles. The third-order valence-corrected chi connectivity index (χ3v) is 2.07. The number of pyridine rings is 1. The average Bonchev–Trinajstić information content (AvgIpc) is 2.26. The summed E-state index contributed by atoms with van der Waals surface area (Å²) >= 11 is 0. The predicted molar refractivity (Wildman–Crippen MR) is 54.6 cm³/mol. The molecule has 1 rings (SSSR count). The van der Waals surface area contributed by atoms with E-state index in [1.165, 1.54) is 6.92 Å². The number of nitrogens with zero attached hydrogens (tertiary/aromatic N) is 1. The van der Waals surface area contributed by atoms with Gasteiger partial charge in [0, 0.05) is 0 Å². The van der Waals surface area contributed by atoms with Crippen molar-refractivity contribution in [1.82, 2.24) is 4.98 Å². The number of aromatic nitrogens is 1. The second-order valence-electron chi connectivity index (χ2n) is 3.37. The molecule has 0 saturated carbocycles. The highest BCUT2D eigenvalue weighted by Crippen LogP contribution is 2.37. The van der Waals surface area contributed by atoms with Crippen LogP contribution < -0.4 is 5.73 Å². The number of hydrogen-bond acceptors (Lipinski definition) is 4. The molecule has 1 heterocycles. The summed E-state index contributed by atoms with van der Waals surface area (Å²) in [4.78, 5) is 14.3. The maximum atomic E-state index is 12.7. The van der Waals surface area contributed by atoms with E-state index in [-0.39, 0.29) is 6.61 Å². The van der Waals surface area contributed by atoms with Gasteiger partial charge in [0.05, 0.1) is 12.2 Å². The van der Waals surface area contributed by atoms with Crippen molar-refractivity contribution in [1.29, 1.82) is 0 Å². The molecule has 0 saturated heterocycles. The number of alkyl halides is 5. The van der Waals surface area contributed by atoms with Crippen molar-refractivity contribution in [2.24, 2.45) is 0 Å². The first-order valence-corrected chi connectivity index (χ1v) is 5.01. The normalized spacial score (nSPS) is 11.7. The van der Waals surface area contributed by atoms with Crippen LogP contribution in [0, 0.1) is 0 Å². The maximum absolute atomic E-state index is 12.7. The molecular formula is C10H9F5N2O2. The fourth-order valence-electron chi connectivity index (χ4n) is 1.36. The highest BCUT2D eigenvalue weighted by molar-refractivity contribution is 5.92. The first kappa shape index (κ1) is 15.1. The number of nitrogens with two attached hydrogens (primary N) is 1. The van der Waals surface area contributed by atoms with Gasteiger partial charge in [0.1, 0.15) is 17.1 Å². The summed E-state index contributed by atoms with van der Waals surface area (Å²) in [6.45, 7) is 1.16. The Hall–Kier alpha value is -1.93. The van der Waals surface area contributed by atoms with Crippen LogP contribution in [0.1, 0.15) is 35.0 Å². The minimum Gasteiger partial charge on any atom is -0.462 e. The summed E-state index contributed by atoms with van der Waals surface area (Å²) < 4.78 is 67.5. The van der Waals surface area contributed by atoms with Gasteiger partial charge in [-0.15, -0.1) is 0 Å². The Bertz CT molecular complexity index is 488. The zero-order valence-corrected chi connectivity index (χ0v) is 9.59. The molecule has 106 valence electrons. The molecular weight excluding hydrogens is 275 g/mol. The highest BCUT2D eigenvalue weighted by atomic mass is 19.4. The average molecular weight is 284 g/mol. The van der Waals surface area contributed by atoms with Gasteiger partial charge in [0.15, 0.2) is 0 Å². The maximum Gasteiger partial charge on any atom is 0.420 e. The minimum absolute atomic E-state index is 0.206. The van der Waals surface area contributed by atoms with Crippen molar-refractivity contribution in [2.45, 2.75) is 19.5 Å². The number of anilines is 1. The predicted octanol–water partition coefficient (Wildman–Crippen LogP) is 2.80. The van der Waals surface area contributed by atoms with Crippen LogP contribution in [0.2, 0.25) is 0 Å². The second kappa shape index (κ2) is 5.37. The molecule has 0 radical (unpaired) electrons. The van der Waals surface area contributed by atoms with Gasteiger partial charge in [0.2, 0.25) is 0 Å². The van der Waals surface area contributed by atoms with E-state index in [1.807, 2.05) is 0 Å². The third-order valence-electron chi connectivity index (χ3n) is 2.07. The molecule has 0 atom stereocenters. The Morgan fingerprint density at radius 2 is 2.05 bits per heavy atom. The van der Waals surface area contributed by atoms with Crippen LogP contribution in [0.4, 0.5) is 27.8 Å². The smallest absolute Gasteiger partial charge is 0.420 e. The van der Waals surface area contributed by atoms with Crippen LogP contribution in [0.3, 0.4) is 0 Å². The summed E-state index contributed by atoms with van der Waals surface area (Å²) in [5, 5.41) is 0. The van der Waals surface area contributed by atoms with Crippen LogP contribution in [-0.4, -0.2) is 17.6 Å². The van der Waals surface area contributed by atoms with E-state index in [0.29, 0.717) is 6.07 Å². The molecule has 0 aliphatic heterocycles. The first-order valence-electron chi connectivity index (χ1n) is 5.01. The van der Waals surface area contributed by atoms with Gasteiger partial charge < -0.3 is 10.5 Å². The molecule has 0 unspecified atom stereocenters. The largest absolute Gasteiger partial charge is 0.462 e. The fourth-order valence-corrected chi connectivity index (χ4v) is 1.36. The van der Waals surface area contributed by atoms with Crippen molar-refractivity contribution in [3.8, 4) is 0 Å². The molecule has 0 aromatic carbocycles. The summed E-state index contributed by atoms with van der Waals surface area (Å²) in [5.74, 6) is -2.57. The van der Waals surface area contributed by atoms with E-state index in [9.17, 15) is 26.7 Å². The van der Waals surface area contributed by atoms with Gasteiger partial charge in [0.25, 0.3) is 6.43 Å². The lowest BCUT2D eigenvalue weighted by atomic mass is 10.1. The zero-order valence-electron chi connectivity index (χ0n) is 9.59. The number of nitrogen functional groups attached to an aromatic ring is 1. The molecule has 2 N–H and O–H groups in total. The quantitative estimate of drug-likeness (QED) is 0.684. The lowest BCUT2D eigenvalue weighted by Crippen LogP contribution is -2.19. The number of hydrogen-bond donors (Lipinski definition) is 1. The number of esters is 1. The Kier molecular flexibility index (Phi) is 4.28. The molecule has 0 bridgehead atoms. The Balaban J connectivity index is 3.49. The summed E-state index contributed by atoms with van der Waals surface area (Å²) in [5.41, 5.74) is 1.34. The van der Waals surface area contributed by atoms with Gasteiger partial charge in [-0.3, -0.25) is 0 Å². The topological polar surface area (TPSA) is 65.2 Å². The van der Waals surface area contributed by atoms with Crippen molar-refractivity contribution in [3.63, 3.8) is 0 Å².